The lowest BCUT2D eigenvalue weighted by molar-refractivity contribution is -0.125. The predicted molar refractivity (Wildman–Crippen MR) is 214 cm³/mol. The monoisotopic (exact) mass is 809 g/mol. The van der Waals surface area contributed by atoms with Crippen LogP contribution in [0.1, 0.15) is 87.3 Å². The molecular weight excluding hydrogens is 763 g/mol. The van der Waals surface area contributed by atoms with Crippen LogP contribution in [0.3, 0.4) is 0 Å². The summed E-state index contributed by atoms with van der Waals surface area (Å²) >= 11 is 0. The summed E-state index contributed by atoms with van der Waals surface area (Å²) in [7, 11) is 0. The minimum atomic E-state index is -2.66. The Morgan fingerprint density at radius 3 is 2.20 bits per heavy atom. The van der Waals surface area contributed by atoms with Crippen LogP contribution in [-0.2, 0) is 24.3 Å². The molecule has 0 radical (unpaired) electrons. The molecule has 59 heavy (non-hydrogen) atoms. The number of nitrogens with zero attached hydrogens (tertiary/aromatic N) is 5. The molecule has 14 heteroatoms. The molecular formula is C45H47F4N7O3. The fraction of sp³-hybridized carbons (Fsp3) is 0.444. The van der Waals surface area contributed by atoms with Gasteiger partial charge in [-0.3, -0.25) is 34.0 Å². The quantitative estimate of drug-likeness (QED) is 0.158. The predicted octanol–water partition coefficient (Wildman–Crippen LogP) is 6.35. The normalized spacial score (nSPS) is 24.6. The lowest BCUT2D eigenvalue weighted by atomic mass is 9.88. The van der Waals surface area contributed by atoms with Crippen molar-refractivity contribution >= 4 is 34.3 Å². The van der Waals surface area contributed by atoms with Crippen molar-refractivity contribution in [3.05, 3.63) is 112 Å². The Kier molecular flexibility index (Phi) is 9.44. The van der Waals surface area contributed by atoms with E-state index in [-0.39, 0.29) is 17.5 Å². The van der Waals surface area contributed by atoms with Crippen molar-refractivity contribution in [1.82, 2.24) is 29.9 Å². The fourth-order valence-corrected chi connectivity index (χ4v) is 10.7. The molecule has 7 heterocycles. The number of anilines is 1. The Morgan fingerprint density at radius 2 is 1.56 bits per heavy atom. The second-order valence-corrected chi connectivity index (χ2v) is 17.4. The average molecular weight is 810 g/mol. The highest BCUT2D eigenvalue weighted by molar-refractivity contribution is 6.23. The van der Waals surface area contributed by atoms with Gasteiger partial charge >= 0.3 is 0 Å². The van der Waals surface area contributed by atoms with Crippen LogP contribution in [0.4, 0.5) is 23.2 Å². The molecule has 0 bridgehead atoms. The molecule has 3 atom stereocenters. The van der Waals surface area contributed by atoms with Crippen molar-refractivity contribution < 1.29 is 31.9 Å². The molecule has 1 aromatic heterocycles. The summed E-state index contributed by atoms with van der Waals surface area (Å²) < 4.78 is 60.3. The molecule has 6 aliphatic heterocycles. The van der Waals surface area contributed by atoms with Crippen LogP contribution in [0.5, 0.6) is 0 Å². The van der Waals surface area contributed by atoms with Gasteiger partial charge in [-0.25, -0.2) is 17.6 Å². The van der Waals surface area contributed by atoms with Crippen LogP contribution in [0, 0.1) is 17.6 Å². The molecule has 10 nitrogen and oxygen atoms in total. The zero-order chi connectivity index (χ0) is 40.9. The smallest absolute Gasteiger partial charge is 0.262 e. The number of hydrogen-bond donors (Lipinski definition) is 2. The molecule has 0 aliphatic carbocycles. The minimum Gasteiger partial charge on any atom is -0.371 e. The molecule has 10 rings (SSSR count). The summed E-state index contributed by atoms with van der Waals surface area (Å²) in [6, 6.07) is 12.2. The highest BCUT2D eigenvalue weighted by Crippen LogP contribution is 2.44. The van der Waals surface area contributed by atoms with Gasteiger partial charge in [0.15, 0.2) is 0 Å². The van der Waals surface area contributed by atoms with E-state index < -0.39 is 48.5 Å². The maximum absolute atomic E-state index is 16.2. The Morgan fingerprint density at radius 1 is 0.898 bits per heavy atom. The number of para-hydroxylation sites is 1. The van der Waals surface area contributed by atoms with Crippen molar-refractivity contribution in [3.8, 4) is 0 Å². The summed E-state index contributed by atoms with van der Waals surface area (Å²) in [5, 5.41) is 3.62. The molecule has 6 aliphatic rings. The number of carbonyl (C=O) groups is 3. The highest BCUT2D eigenvalue weighted by Gasteiger charge is 2.46. The number of rotatable bonds is 8. The largest absolute Gasteiger partial charge is 0.371 e. The number of fused-ring (bicyclic) bond motifs is 5. The van der Waals surface area contributed by atoms with Gasteiger partial charge in [0.1, 0.15) is 17.7 Å². The first-order chi connectivity index (χ1) is 28.4. The Labute approximate surface area is 339 Å². The number of piperidine rings is 2. The number of amides is 3. The maximum atomic E-state index is 16.2. The minimum absolute atomic E-state index is 0.202. The van der Waals surface area contributed by atoms with Crippen molar-refractivity contribution in [3.63, 3.8) is 0 Å². The number of imide groups is 1. The van der Waals surface area contributed by atoms with Crippen LogP contribution in [0.15, 0.2) is 60.8 Å². The van der Waals surface area contributed by atoms with Gasteiger partial charge in [0, 0.05) is 91.4 Å². The number of allylic oxidation sites excluding steroid dienone is 1. The number of nitrogens with one attached hydrogen (secondary N) is 2. The van der Waals surface area contributed by atoms with Gasteiger partial charge in [-0.1, -0.05) is 24.8 Å². The molecule has 308 valence electrons. The molecule has 2 N–H and O–H groups in total. The third-order valence-corrected chi connectivity index (χ3v) is 13.8. The van der Waals surface area contributed by atoms with Gasteiger partial charge in [-0.2, -0.15) is 0 Å². The fourth-order valence-electron chi connectivity index (χ4n) is 10.7. The topological polar surface area (TPSA) is 95.2 Å². The number of aromatic amines is 1. The molecule has 3 aromatic carbocycles. The molecule has 2 unspecified atom stereocenters. The lowest BCUT2D eigenvalue weighted by Crippen LogP contribution is -2.59. The summed E-state index contributed by atoms with van der Waals surface area (Å²) in [6.07, 6.45) is 0.490. The Balaban J connectivity index is 0.752. The van der Waals surface area contributed by atoms with Gasteiger partial charge in [0.25, 0.3) is 18.2 Å². The van der Waals surface area contributed by atoms with Crippen LogP contribution < -0.4 is 10.2 Å². The van der Waals surface area contributed by atoms with E-state index in [9.17, 15) is 23.2 Å². The zero-order valence-corrected chi connectivity index (χ0v) is 33.0. The second-order valence-electron chi connectivity index (χ2n) is 17.4. The first-order valence-electron chi connectivity index (χ1n) is 20.8. The van der Waals surface area contributed by atoms with Crippen LogP contribution in [0.25, 0.3) is 10.9 Å². The molecule has 0 saturated carbocycles. The molecule has 3 fully saturated rings. The van der Waals surface area contributed by atoms with Gasteiger partial charge in [-0.05, 0) is 92.0 Å². The number of halogens is 4. The van der Waals surface area contributed by atoms with E-state index >= 15 is 8.78 Å². The first kappa shape index (κ1) is 38.2. The van der Waals surface area contributed by atoms with Gasteiger partial charge in [0.05, 0.1) is 23.7 Å². The standard InChI is InChI=1S/C45H47F4N7O3/c1-24-7-8-38(43(57)50-24)56-44(58)33-14-27-19-54(20-28(27)15-34(33)45(56)59)30-21-52(22-30)18-26-9-11-53(12-10-26)29-16-35(46)40(36(47)17-29)42-41-32(13-25(2)55(42)23-39(48)49)31-5-3-4-6-37(31)51-41/h3-6,14-17,25-26,30,38-39,42,51H,1,7-13,18-23H2,2H3,(H,50,57)/t25-,38?,42?/m1/s1. The molecule has 4 aromatic rings. The van der Waals surface area contributed by atoms with Crippen molar-refractivity contribution in [2.24, 2.45) is 5.92 Å². The summed E-state index contributed by atoms with van der Waals surface area (Å²) in [6.45, 7) is 10.5. The highest BCUT2D eigenvalue weighted by atomic mass is 19.3. The van der Waals surface area contributed by atoms with Gasteiger partial charge in [0.2, 0.25) is 5.91 Å². The molecule has 3 saturated heterocycles. The molecule has 3 amide bonds. The summed E-state index contributed by atoms with van der Waals surface area (Å²) in [5.41, 5.74) is 5.99. The van der Waals surface area contributed by atoms with Crippen LogP contribution in [0.2, 0.25) is 0 Å². The third kappa shape index (κ3) is 6.54. The number of carbonyl (C=O) groups excluding carboxylic acids is 3. The van der Waals surface area contributed by atoms with Crippen molar-refractivity contribution in [2.75, 3.05) is 44.2 Å². The van der Waals surface area contributed by atoms with Crippen LogP contribution in [-0.4, -0.2) is 106 Å². The average Bonchev–Trinajstić information content (AvgIpc) is 3.84. The second kappa shape index (κ2) is 14.6. The van der Waals surface area contributed by atoms with E-state index in [1.807, 2.05) is 48.2 Å². The first-order valence-corrected chi connectivity index (χ1v) is 20.8. The van der Waals surface area contributed by atoms with E-state index in [0.717, 1.165) is 65.0 Å². The van der Waals surface area contributed by atoms with Gasteiger partial charge in [-0.15, -0.1) is 0 Å². The number of hydrogen-bond acceptors (Lipinski definition) is 7. The number of H-pyrrole nitrogens is 1. The summed E-state index contributed by atoms with van der Waals surface area (Å²) in [4.78, 5) is 52.2. The summed E-state index contributed by atoms with van der Waals surface area (Å²) in [5.74, 6) is -2.22. The van der Waals surface area contributed by atoms with Crippen LogP contribution >= 0.6 is 0 Å². The van der Waals surface area contributed by atoms with Crippen molar-refractivity contribution in [1.29, 1.82) is 0 Å². The van der Waals surface area contributed by atoms with E-state index in [2.05, 4.69) is 26.7 Å². The zero-order valence-electron chi connectivity index (χ0n) is 33.0. The Hall–Kier alpha value is -5.05. The van der Waals surface area contributed by atoms with E-state index in [0.29, 0.717) is 85.6 Å². The maximum Gasteiger partial charge on any atom is 0.262 e. The van der Waals surface area contributed by atoms with Gasteiger partial charge < -0.3 is 15.2 Å². The van der Waals surface area contributed by atoms with E-state index in [1.54, 1.807) is 0 Å². The SMILES string of the molecule is C=C1CCC(N2C(=O)c3cc4c(cc3C2=O)CN(C2CN(CC3CCN(c5cc(F)c(C6c7[nH]c8ccccc8c7C[C@@H](C)N6CC(F)F)c(F)c5)CC3)C2)C4)C(=O)N1. The lowest BCUT2D eigenvalue weighted by Gasteiger charge is -2.46. The number of aromatic nitrogens is 1. The number of likely N-dealkylation sites (tertiary alicyclic amines) is 1. The Bertz CT molecular complexity index is 2340. The number of alkyl halides is 2. The molecule has 0 spiro atoms. The third-order valence-electron chi connectivity index (χ3n) is 13.8. The number of benzene rings is 3. The van der Waals surface area contributed by atoms with Crippen molar-refractivity contribution in [2.45, 2.75) is 82.7 Å². The van der Waals surface area contributed by atoms with E-state index in [4.69, 9.17) is 0 Å². The van der Waals surface area contributed by atoms with E-state index in [1.165, 1.54) is 17.0 Å².